The van der Waals surface area contributed by atoms with Crippen molar-refractivity contribution in [2.24, 2.45) is 0 Å². The minimum atomic E-state index is 0.526. The lowest BCUT2D eigenvalue weighted by molar-refractivity contribution is 1.42. The minimum Gasteiger partial charge on any atom is -0.235 e. The molecule has 0 aliphatic rings. The summed E-state index contributed by atoms with van der Waals surface area (Å²) >= 11 is 6.26. The Morgan fingerprint density at radius 1 is 0.714 bits per heavy atom. The van der Waals surface area contributed by atoms with Crippen LogP contribution in [-0.4, -0.2) is 4.98 Å². The van der Waals surface area contributed by atoms with Gasteiger partial charge in [-0.2, -0.15) is 0 Å². The van der Waals surface area contributed by atoms with Crippen molar-refractivity contribution >= 4 is 33.3 Å². The molecule has 0 unspecified atom stereocenters. The molecule has 0 saturated heterocycles. The van der Waals surface area contributed by atoms with Crippen LogP contribution in [0.5, 0.6) is 0 Å². The van der Waals surface area contributed by atoms with E-state index < -0.39 is 0 Å². The Bertz CT molecular complexity index is 945. The van der Waals surface area contributed by atoms with Crippen LogP contribution in [0, 0.1) is 0 Å². The fraction of sp³-hybridized carbons (Fsp3) is 0. The first-order chi connectivity index (χ1) is 10.3. The van der Waals surface area contributed by atoms with Gasteiger partial charge in [0.1, 0.15) is 5.15 Å². The van der Waals surface area contributed by atoms with Crippen LogP contribution in [0.3, 0.4) is 0 Å². The van der Waals surface area contributed by atoms with E-state index in [9.17, 15) is 0 Å². The number of nitrogens with zero attached hydrogens (tertiary/aromatic N) is 1. The maximum atomic E-state index is 6.26. The number of pyridine rings is 1. The summed E-state index contributed by atoms with van der Waals surface area (Å²) in [4.78, 5) is 4.56. The molecule has 0 amide bonds. The van der Waals surface area contributed by atoms with Gasteiger partial charge in [0.25, 0.3) is 0 Å². The van der Waals surface area contributed by atoms with Crippen LogP contribution >= 0.6 is 11.6 Å². The summed E-state index contributed by atoms with van der Waals surface area (Å²) in [5.41, 5.74) is 3.23. The van der Waals surface area contributed by atoms with Gasteiger partial charge in [0.15, 0.2) is 0 Å². The molecule has 0 radical (unpaired) electrons. The molecule has 100 valence electrons. The standard InChI is InChI=1S/C19H12ClN/c20-18-12-17(13-6-2-1-3-7-13)16-11-10-14-8-4-5-9-15(14)19(16)21-18/h1-12H. The average Bonchev–Trinajstić information content (AvgIpc) is 2.55. The van der Waals surface area contributed by atoms with Gasteiger partial charge in [0.2, 0.25) is 0 Å². The quantitative estimate of drug-likeness (QED) is 0.323. The second kappa shape index (κ2) is 4.87. The van der Waals surface area contributed by atoms with Crippen molar-refractivity contribution in [2.45, 2.75) is 0 Å². The van der Waals surface area contributed by atoms with Gasteiger partial charge in [-0.3, -0.25) is 0 Å². The second-order valence-corrected chi connectivity index (χ2v) is 5.43. The van der Waals surface area contributed by atoms with Gasteiger partial charge in [-0.1, -0.05) is 78.3 Å². The number of aromatic nitrogens is 1. The molecule has 0 spiro atoms. The Morgan fingerprint density at radius 3 is 2.33 bits per heavy atom. The lowest BCUT2D eigenvalue weighted by Crippen LogP contribution is -1.87. The maximum absolute atomic E-state index is 6.26. The van der Waals surface area contributed by atoms with Crippen LogP contribution in [-0.2, 0) is 0 Å². The number of fused-ring (bicyclic) bond motifs is 3. The molecular weight excluding hydrogens is 278 g/mol. The SMILES string of the molecule is Clc1cc(-c2ccccc2)c2ccc3ccccc3c2n1. The molecule has 0 bridgehead atoms. The highest BCUT2D eigenvalue weighted by molar-refractivity contribution is 6.30. The first kappa shape index (κ1) is 12.4. The summed E-state index contributed by atoms with van der Waals surface area (Å²) in [7, 11) is 0. The van der Waals surface area contributed by atoms with E-state index in [1.54, 1.807) is 0 Å². The second-order valence-electron chi connectivity index (χ2n) is 5.04. The maximum Gasteiger partial charge on any atom is 0.130 e. The Labute approximate surface area is 127 Å². The molecule has 4 rings (SSSR count). The molecule has 0 aliphatic carbocycles. The van der Waals surface area contributed by atoms with Crippen molar-refractivity contribution in [3.63, 3.8) is 0 Å². The first-order valence-electron chi connectivity index (χ1n) is 6.86. The molecule has 0 aliphatic heterocycles. The molecule has 2 heteroatoms. The van der Waals surface area contributed by atoms with Crippen molar-refractivity contribution in [1.29, 1.82) is 0 Å². The van der Waals surface area contributed by atoms with Gasteiger partial charge in [0, 0.05) is 10.8 Å². The number of rotatable bonds is 1. The zero-order valence-electron chi connectivity index (χ0n) is 11.3. The molecule has 1 aromatic heterocycles. The summed E-state index contributed by atoms with van der Waals surface area (Å²) in [6, 6.07) is 24.8. The summed E-state index contributed by atoms with van der Waals surface area (Å²) in [6.45, 7) is 0. The van der Waals surface area contributed by atoms with Crippen LogP contribution in [0.2, 0.25) is 5.15 Å². The fourth-order valence-electron chi connectivity index (χ4n) is 2.79. The lowest BCUT2D eigenvalue weighted by Gasteiger charge is -2.09. The van der Waals surface area contributed by atoms with Crippen LogP contribution in [0.1, 0.15) is 0 Å². The highest BCUT2D eigenvalue weighted by Crippen LogP contribution is 2.33. The van der Waals surface area contributed by atoms with E-state index in [0.29, 0.717) is 5.15 Å². The number of hydrogen-bond donors (Lipinski definition) is 0. The number of benzene rings is 3. The summed E-state index contributed by atoms with van der Waals surface area (Å²) < 4.78 is 0. The molecule has 0 N–H and O–H groups in total. The van der Waals surface area contributed by atoms with E-state index in [4.69, 9.17) is 11.6 Å². The van der Waals surface area contributed by atoms with E-state index in [1.165, 1.54) is 5.39 Å². The first-order valence-corrected chi connectivity index (χ1v) is 7.24. The number of halogens is 1. The Kier molecular flexibility index (Phi) is 2.87. The third-order valence-electron chi connectivity index (χ3n) is 3.76. The van der Waals surface area contributed by atoms with Crippen molar-refractivity contribution in [3.8, 4) is 11.1 Å². The fourth-order valence-corrected chi connectivity index (χ4v) is 2.98. The average molecular weight is 290 g/mol. The Balaban J connectivity index is 2.15. The topological polar surface area (TPSA) is 12.9 Å². The van der Waals surface area contributed by atoms with Crippen molar-refractivity contribution in [2.75, 3.05) is 0 Å². The zero-order valence-corrected chi connectivity index (χ0v) is 12.0. The van der Waals surface area contributed by atoms with Gasteiger partial charge < -0.3 is 0 Å². The summed E-state index contributed by atoms with van der Waals surface area (Å²) in [5, 5.41) is 3.97. The van der Waals surface area contributed by atoms with Crippen LogP contribution < -0.4 is 0 Å². The van der Waals surface area contributed by atoms with Gasteiger partial charge in [0.05, 0.1) is 5.52 Å². The van der Waals surface area contributed by atoms with Gasteiger partial charge in [-0.15, -0.1) is 0 Å². The molecule has 1 nitrogen and oxygen atoms in total. The minimum absolute atomic E-state index is 0.526. The third-order valence-corrected chi connectivity index (χ3v) is 3.95. The smallest absolute Gasteiger partial charge is 0.130 e. The van der Waals surface area contributed by atoms with Crippen molar-refractivity contribution < 1.29 is 0 Å². The molecular formula is C19H12ClN. The Hall–Kier alpha value is -2.38. The van der Waals surface area contributed by atoms with Gasteiger partial charge in [-0.25, -0.2) is 4.98 Å². The molecule has 0 saturated carbocycles. The van der Waals surface area contributed by atoms with Crippen LogP contribution in [0.25, 0.3) is 32.8 Å². The normalized spacial score (nSPS) is 11.1. The summed E-state index contributed by atoms with van der Waals surface area (Å²) in [5.74, 6) is 0. The predicted molar refractivity (Wildman–Crippen MR) is 89.7 cm³/mol. The largest absolute Gasteiger partial charge is 0.235 e. The van der Waals surface area contributed by atoms with E-state index in [2.05, 4.69) is 41.4 Å². The monoisotopic (exact) mass is 289 g/mol. The van der Waals surface area contributed by atoms with E-state index in [1.807, 2.05) is 36.4 Å². The predicted octanol–water partition coefficient (Wildman–Crippen LogP) is 5.71. The van der Waals surface area contributed by atoms with Crippen LogP contribution in [0.4, 0.5) is 0 Å². The summed E-state index contributed by atoms with van der Waals surface area (Å²) in [6.07, 6.45) is 0. The van der Waals surface area contributed by atoms with E-state index >= 15 is 0 Å². The number of hydrogen-bond acceptors (Lipinski definition) is 1. The van der Waals surface area contributed by atoms with Crippen molar-refractivity contribution in [3.05, 3.63) is 77.9 Å². The van der Waals surface area contributed by atoms with Crippen molar-refractivity contribution in [1.82, 2.24) is 4.98 Å². The highest BCUT2D eigenvalue weighted by Gasteiger charge is 2.09. The third kappa shape index (κ3) is 2.07. The van der Waals surface area contributed by atoms with Gasteiger partial charge in [-0.05, 0) is 22.6 Å². The molecule has 21 heavy (non-hydrogen) atoms. The Morgan fingerprint density at radius 2 is 1.48 bits per heavy atom. The molecule has 4 aromatic rings. The van der Waals surface area contributed by atoms with Gasteiger partial charge >= 0.3 is 0 Å². The van der Waals surface area contributed by atoms with E-state index in [-0.39, 0.29) is 0 Å². The molecule has 0 atom stereocenters. The lowest BCUT2D eigenvalue weighted by atomic mass is 9.98. The molecule has 0 fully saturated rings. The molecule has 1 heterocycles. The van der Waals surface area contributed by atoms with Crippen LogP contribution in [0.15, 0.2) is 72.8 Å². The van der Waals surface area contributed by atoms with E-state index in [0.717, 1.165) is 27.4 Å². The highest BCUT2D eigenvalue weighted by atomic mass is 35.5. The molecule has 3 aromatic carbocycles. The zero-order chi connectivity index (χ0) is 14.2.